The van der Waals surface area contributed by atoms with Crippen LogP contribution in [0.1, 0.15) is 6.42 Å². The molecule has 1 aromatic carbocycles. The SMILES string of the molecule is CN(CCC(=O)O)c1ccccc1Cl. The van der Waals surface area contributed by atoms with Crippen molar-refractivity contribution in [3.8, 4) is 0 Å². The molecule has 0 unspecified atom stereocenters. The van der Waals surface area contributed by atoms with Crippen LogP contribution in [0.15, 0.2) is 24.3 Å². The number of nitrogens with zero attached hydrogens (tertiary/aromatic N) is 1. The molecule has 0 spiro atoms. The summed E-state index contributed by atoms with van der Waals surface area (Å²) in [7, 11) is 1.82. The monoisotopic (exact) mass is 213 g/mol. The van der Waals surface area contributed by atoms with Gasteiger partial charge in [-0.2, -0.15) is 0 Å². The second-order valence-electron chi connectivity index (χ2n) is 3.02. The number of anilines is 1. The zero-order valence-corrected chi connectivity index (χ0v) is 8.66. The third-order valence-electron chi connectivity index (χ3n) is 1.92. The fourth-order valence-corrected chi connectivity index (χ4v) is 1.43. The van der Waals surface area contributed by atoms with Crippen LogP contribution >= 0.6 is 11.6 Å². The van der Waals surface area contributed by atoms with E-state index in [2.05, 4.69) is 0 Å². The molecule has 0 atom stereocenters. The summed E-state index contributed by atoms with van der Waals surface area (Å²) >= 11 is 5.95. The highest BCUT2D eigenvalue weighted by Gasteiger charge is 2.06. The van der Waals surface area contributed by atoms with Crippen LogP contribution in [0.3, 0.4) is 0 Å². The highest BCUT2D eigenvalue weighted by molar-refractivity contribution is 6.33. The molecule has 4 heteroatoms. The van der Waals surface area contributed by atoms with E-state index in [1.54, 1.807) is 6.07 Å². The first-order chi connectivity index (χ1) is 6.61. The summed E-state index contributed by atoms with van der Waals surface area (Å²) in [5.41, 5.74) is 0.857. The first-order valence-electron chi connectivity index (χ1n) is 4.28. The molecular weight excluding hydrogens is 202 g/mol. The number of halogens is 1. The highest BCUT2D eigenvalue weighted by atomic mass is 35.5. The summed E-state index contributed by atoms with van der Waals surface area (Å²) in [6, 6.07) is 7.37. The van der Waals surface area contributed by atoms with Gasteiger partial charge in [0.15, 0.2) is 0 Å². The Labute approximate surface area is 87.9 Å². The van der Waals surface area contributed by atoms with Gasteiger partial charge in [0.05, 0.1) is 17.1 Å². The minimum absolute atomic E-state index is 0.113. The van der Waals surface area contributed by atoms with Crippen molar-refractivity contribution in [1.29, 1.82) is 0 Å². The van der Waals surface area contributed by atoms with Crippen molar-refractivity contribution in [3.05, 3.63) is 29.3 Å². The largest absolute Gasteiger partial charge is 0.481 e. The van der Waals surface area contributed by atoms with Crippen LogP contribution in [0.2, 0.25) is 5.02 Å². The van der Waals surface area contributed by atoms with Crippen molar-refractivity contribution >= 4 is 23.3 Å². The summed E-state index contributed by atoms with van der Waals surface area (Å²) < 4.78 is 0. The first kappa shape index (κ1) is 10.9. The molecule has 0 aliphatic carbocycles. The molecule has 0 bridgehead atoms. The Kier molecular flexibility index (Phi) is 3.77. The van der Waals surface area contributed by atoms with Gasteiger partial charge in [-0.15, -0.1) is 0 Å². The third kappa shape index (κ3) is 2.92. The van der Waals surface area contributed by atoms with Gasteiger partial charge in [-0.05, 0) is 12.1 Å². The third-order valence-corrected chi connectivity index (χ3v) is 2.24. The molecule has 0 saturated carbocycles. The molecule has 14 heavy (non-hydrogen) atoms. The zero-order valence-electron chi connectivity index (χ0n) is 7.90. The van der Waals surface area contributed by atoms with E-state index in [4.69, 9.17) is 16.7 Å². The molecule has 76 valence electrons. The van der Waals surface area contributed by atoms with Crippen molar-refractivity contribution < 1.29 is 9.90 Å². The molecule has 0 aliphatic heterocycles. The number of benzene rings is 1. The van der Waals surface area contributed by atoms with Crippen LogP contribution in [0, 0.1) is 0 Å². The minimum Gasteiger partial charge on any atom is -0.481 e. The average molecular weight is 214 g/mol. The first-order valence-corrected chi connectivity index (χ1v) is 4.66. The summed E-state index contributed by atoms with van der Waals surface area (Å²) in [6.07, 6.45) is 0.113. The molecule has 1 rings (SSSR count). The molecule has 0 amide bonds. The van der Waals surface area contributed by atoms with E-state index in [0.29, 0.717) is 11.6 Å². The minimum atomic E-state index is -0.802. The maximum atomic E-state index is 10.4. The summed E-state index contributed by atoms with van der Waals surface area (Å²) in [5.74, 6) is -0.802. The maximum Gasteiger partial charge on any atom is 0.305 e. The Morgan fingerprint density at radius 3 is 2.71 bits per heavy atom. The maximum absolute atomic E-state index is 10.4. The lowest BCUT2D eigenvalue weighted by Gasteiger charge is -2.19. The fourth-order valence-electron chi connectivity index (χ4n) is 1.15. The van der Waals surface area contributed by atoms with Crippen LogP contribution in [0.4, 0.5) is 5.69 Å². The normalized spacial score (nSPS) is 9.86. The Morgan fingerprint density at radius 2 is 2.14 bits per heavy atom. The number of rotatable bonds is 4. The quantitative estimate of drug-likeness (QED) is 0.834. The number of hydrogen-bond donors (Lipinski definition) is 1. The van der Waals surface area contributed by atoms with Crippen molar-refractivity contribution in [2.45, 2.75) is 6.42 Å². The van der Waals surface area contributed by atoms with Gasteiger partial charge in [-0.25, -0.2) is 0 Å². The predicted molar refractivity (Wildman–Crippen MR) is 57.0 cm³/mol. The van der Waals surface area contributed by atoms with Crippen LogP contribution in [0.5, 0.6) is 0 Å². The second-order valence-corrected chi connectivity index (χ2v) is 3.42. The van der Waals surface area contributed by atoms with Gasteiger partial charge in [0.1, 0.15) is 0 Å². The van der Waals surface area contributed by atoms with Gasteiger partial charge in [-0.3, -0.25) is 4.79 Å². The number of para-hydroxylation sites is 1. The van der Waals surface area contributed by atoms with E-state index in [9.17, 15) is 4.79 Å². The molecule has 3 nitrogen and oxygen atoms in total. The standard InChI is InChI=1S/C10H12ClNO2/c1-12(7-6-10(13)14)9-5-3-2-4-8(9)11/h2-5H,6-7H2,1H3,(H,13,14). The van der Waals surface area contributed by atoms with Crippen molar-refractivity contribution in [2.75, 3.05) is 18.5 Å². The number of aliphatic carboxylic acids is 1. The molecule has 0 radical (unpaired) electrons. The van der Waals surface area contributed by atoms with Gasteiger partial charge in [-0.1, -0.05) is 23.7 Å². The number of carboxylic acid groups (broad SMARTS) is 1. The van der Waals surface area contributed by atoms with E-state index < -0.39 is 5.97 Å². The zero-order chi connectivity index (χ0) is 10.6. The van der Waals surface area contributed by atoms with Crippen molar-refractivity contribution in [3.63, 3.8) is 0 Å². The van der Waals surface area contributed by atoms with E-state index in [0.717, 1.165) is 5.69 Å². The van der Waals surface area contributed by atoms with Crippen LogP contribution in [0.25, 0.3) is 0 Å². The van der Waals surface area contributed by atoms with E-state index in [-0.39, 0.29) is 6.42 Å². The Balaban J connectivity index is 2.65. The summed E-state index contributed by atoms with van der Waals surface area (Å²) in [5, 5.41) is 9.16. The summed E-state index contributed by atoms with van der Waals surface area (Å²) in [4.78, 5) is 12.2. The molecule has 0 aliphatic rings. The molecule has 0 fully saturated rings. The molecule has 0 aromatic heterocycles. The number of carboxylic acids is 1. The van der Waals surface area contributed by atoms with Crippen LogP contribution in [-0.2, 0) is 4.79 Å². The topological polar surface area (TPSA) is 40.5 Å². The number of carbonyl (C=O) groups is 1. The molecular formula is C10H12ClNO2. The van der Waals surface area contributed by atoms with Crippen LogP contribution < -0.4 is 4.90 Å². The van der Waals surface area contributed by atoms with Crippen LogP contribution in [-0.4, -0.2) is 24.7 Å². The smallest absolute Gasteiger partial charge is 0.305 e. The van der Waals surface area contributed by atoms with E-state index in [1.807, 2.05) is 30.1 Å². The van der Waals surface area contributed by atoms with Gasteiger partial charge in [0.2, 0.25) is 0 Å². The molecule has 1 aromatic rings. The predicted octanol–water partition coefficient (Wildman–Crippen LogP) is 2.25. The van der Waals surface area contributed by atoms with Crippen molar-refractivity contribution in [1.82, 2.24) is 0 Å². The lowest BCUT2D eigenvalue weighted by molar-refractivity contribution is -0.136. The Bertz CT molecular complexity index is 328. The van der Waals surface area contributed by atoms with Crippen molar-refractivity contribution in [2.24, 2.45) is 0 Å². The Morgan fingerprint density at radius 1 is 1.50 bits per heavy atom. The fraction of sp³-hybridized carbons (Fsp3) is 0.300. The highest BCUT2D eigenvalue weighted by Crippen LogP contribution is 2.23. The second kappa shape index (κ2) is 4.86. The molecule has 0 heterocycles. The molecule has 1 N–H and O–H groups in total. The lowest BCUT2D eigenvalue weighted by atomic mass is 10.3. The van der Waals surface area contributed by atoms with Gasteiger partial charge >= 0.3 is 5.97 Å². The average Bonchev–Trinajstić information content (AvgIpc) is 2.15. The van der Waals surface area contributed by atoms with Gasteiger partial charge < -0.3 is 10.0 Å². The van der Waals surface area contributed by atoms with E-state index in [1.165, 1.54) is 0 Å². The Hall–Kier alpha value is -1.22. The lowest BCUT2D eigenvalue weighted by Crippen LogP contribution is -2.21. The van der Waals surface area contributed by atoms with Gasteiger partial charge in [0, 0.05) is 13.6 Å². The summed E-state index contributed by atoms with van der Waals surface area (Å²) in [6.45, 7) is 0.457. The van der Waals surface area contributed by atoms with E-state index >= 15 is 0 Å². The van der Waals surface area contributed by atoms with Gasteiger partial charge in [0.25, 0.3) is 0 Å². The number of hydrogen-bond acceptors (Lipinski definition) is 2. The molecule has 0 saturated heterocycles.